The van der Waals surface area contributed by atoms with Crippen LogP contribution in [0.15, 0.2) is 12.7 Å². The molecule has 6 heteroatoms. The summed E-state index contributed by atoms with van der Waals surface area (Å²) in [7, 11) is 0. The molecule has 0 radical (unpaired) electrons. The fourth-order valence-corrected chi connectivity index (χ4v) is 2.05. The van der Waals surface area contributed by atoms with Gasteiger partial charge < -0.3 is 20.1 Å². The third kappa shape index (κ3) is 7.57. The number of carbonyl (C=O) groups is 1. The summed E-state index contributed by atoms with van der Waals surface area (Å²) >= 11 is 0. The highest BCUT2D eigenvalue weighted by atomic mass is 16.5. The van der Waals surface area contributed by atoms with E-state index in [-0.39, 0.29) is 11.0 Å². The van der Waals surface area contributed by atoms with Crippen molar-refractivity contribution in [1.82, 2.24) is 0 Å². The first-order chi connectivity index (χ1) is 10.0. The number of aliphatic hydroxyl groups excluding tert-OH is 2. The molecule has 21 heavy (non-hydrogen) atoms. The third-order valence-electron chi connectivity index (χ3n) is 3.87. The Morgan fingerprint density at radius 2 is 1.81 bits per heavy atom. The van der Waals surface area contributed by atoms with E-state index in [0.29, 0.717) is 13.2 Å². The molecule has 0 spiro atoms. The van der Waals surface area contributed by atoms with E-state index in [1.807, 2.05) is 6.08 Å². The zero-order chi connectivity index (χ0) is 16.1. The molecule has 0 aliphatic rings. The molecule has 124 valence electrons. The van der Waals surface area contributed by atoms with E-state index in [1.165, 1.54) is 6.92 Å². The standard InChI is InChI=1S/C15H29NO5/c1-3-4-5-6-7-8-10-21-11-9-16(12-17,13-18)14(2)15(19)20/h3,14,17-18H,1,4-13H2,2H3/p+1. The van der Waals surface area contributed by atoms with Crippen molar-refractivity contribution >= 4 is 5.97 Å². The Hall–Kier alpha value is -0.950. The number of unbranched alkanes of at least 4 members (excludes halogenated alkanes) is 4. The predicted molar refractivity (Wildman–Crippen MR) is 80.5 cm³/mol. The van der Waals surface area contributed by atoms with E-state index >= 15 is 0 Å². The number of carboxylic acid groups (broad SMARTS) is 1. The topological polar surface area (TPSA) is 87.0 Å². The SMILES string of the molecule is C=CCCCCCCOCC[N+](CO)(CO)C(C)C(=O)O. The van der Waals surface area contributed by atoms with E-state index in [0.717, 1.165) is 32.1 Å². The highest BCUT2D eigenvalue weighted by Gasteiger charge is 2.37. The smallest absolute Gasteiger partial charge is 0.362 e. The Labute approximate surface area is 127 Å². The van der Waals surface area contributed by atoms with Gasteiger partial charge in [0.15, 0.2) is 19.5 Å². The Balaban J connectivity index is 3.90. The summed E-state index contributed by atoms with van der Waals surface area (Å²) < 4.78 is 5.18. The summed E-state index contributed by atoms with van der Waals surface area (Å²) in [6.45, 7) is 5.53. The molecule has 0 amide bonds. The summed E-state index contributed by atoms with van der Waals surface area (Å²) in [5.74, 6) is -1.04. The number of aliphatic carboxylic acids is 1. The van der Waals surface area contributed by atoms with Crippen LogP contribution in [0.3, 0.4) is 0 Å². The Bertz CT molecular complexity index is 292. The van der Waals surface area contributed by atoms with E-state index in [9.17, 15) is 15.0 Å². The lowest BCUT2D eigenvalue weighted by Gasteiger charge is -2.37. The number of hydrogen-bond donors (Lipinski definition) is 3. The summed E-state index contributed by atoms with van der Waals surface area (Å²) in [6, 6.07) is -0.873. The van der Waals surface area contributed by atoms with Gasteiger partial charge in [-0.25, -0.2) is 4.79 Å². The number of aliphatic hydroxyl groups is 2. The van der Waals surface area contributed by atoms with Crippen LogP contribution in [0.2, 0.25) is 0 Å². The second-order valence-corrected chi connectivity index (χ2v) is 5.34. The fourth-order valence-electron chi connectivity index (χ4n) is 2.05. The number of allylic oxidation sites excluding steroid dienone is 1. The van der Waals surface area contributed by atoms with Crippen LogP contribution in [0.1, 0.15) is 39.0 Å². The van der Waals surface area contributed by atoms with Gasteiger partial charge in [-0.2, -0.15) is 0 Å². The normalized spacial score (nSPS) is 13.1. The number of rotatable bonds is 14. The lowest BCUT2D eigenvalue weighted by atomic mass is 10.1. The van der Waals surface area contributed by atoms with Crippen molar-refractivity contribution in [2.24, 2.45) is 0 Å². The maximum absolute atomic E-state index is 11.0. The molecule has 0 aliphatic heterocycles. The van der Waals surface area contributed by atoms with Gasteiger partial charge in [0.25, 0.3) is 0 Å². The molecule has 1 atom stereocenters. The highest BCUT2D eigenvalue weighted by molar-refractivity contribution is 5.71. The van der Waals surface area contributed by atoms with Gasteiger partial charge in [0.1, 0.15) is 6.54 Å². The zero-order valence-corrected chi connectivity index (χ0v) is 13.0. The number of quaternary nitrogens is 1. The first-order valence-electron chi connectivity index (χ1n) is 7.53. The molecule has 0 aliphatic carbocycles. The van der Waals surface area contributed by atoms with E-state index < -0.39 is 25.5 Å². The maximum atomic E-state index is 11.0. The van der Waals surface area contributed by atoms with Crippen molar-refractivity contribution in [2.75, 3.05) is 33.2 Å². The van der Waals surface area contributed by atoms with Gasteiger partial charge in [-0.15, -0.1) is 6.58 Å². The molecule has 0 aromatic heterocycles. The molecular formula is C15H30NO5+. The number of ether oxygens (including phenoxy) is 1. The summed E-state index contributed by atoms with van der Waals surface area (Å²) in [6.07, 6.45) is 7.32. The van der Waals surface area contributed by atoms with Gasteiger partial charge in [0.2, 0.25) is 0 Å². The third-order valence-corrected chi connectivity index (χ3v) is 3.87. The van der Waals surface area contributed by atoms with E-state index in [4.69, 9.17) is 9.84 Å². The molecule has 0 fully saturated rings. The minimum Gasteiger partial charge on any atom is -0.477 e. The van der Waals surface area contributed by atoms with Crippen LogP contribution in [0.25, 0.3) is 0 Å². The number of nitrogens with zero attached hydrogens (tertiary/aromatic N) is 1. The molecule has 0 aromatic carbocycles. The van der Waals surface area contributed by atoms with Gasteiger partial charge in [0, 0.05) is 6.61 Å². The summed E-state index contributed by atoms with van der Waals surface area (Å²) in [4.78, 5) is 11.0. The molecule has 0 heterocycles. The first-order valence-corrected chi connectivity index (χ1v) is 7.53. The fraction of sp³-hybridized carbons (Fsp3) is 0.800. The van der Waals surface area contributed by atoms with Crippen LogP contribution in [0, 0.1) is 0 Å². The monoisotopic (exact) mass is 304 g/mol. The maximum Gasteiger partial charge on any atom is 0.362 e. The lowest BCUT2D eigenvalue weighted by molar-refractivity contribution is -0.974. The average Bonchev–Trinajstić information content (AvgIpc) is 2.49. The number of carboxylic acids is 1. The molecular weight excluding hydrogens is 274 g/mol. The average molecular weight is 304 g/mol. The molecule has 0 rings (SSSR count). The predicted octanol–water partition coefficient (Wildman–Crippen LogP) is 1.33. The van der Waals surface area contributed by atoms with Crippen LogP contribution in [0.5, 0.6) is 0 Å². The lowest BCUT2D eigenvalue weighted by Crippen LogP contribution is -2.59. The largest absolute Gasteiger partial charge is 0.477 e. The van der Waals surface area contributed by atoms with Crippen LogP contribution in [-0.4, -0.2) is 65.0 Å². The van der Waals surface area contributed by atoms with Crippen LogP contribution in [0.4, 0.5) is 0 Å². The highest BCUT2D eigenvalue weighted by Crippen LogP contribution is 2.12. The quantitative estimate of drug-likeness (QED) is 0.195. The van der Waals surface area contributed by atoms with Crippen molar-refractivity contribution in [3.63, 3.8) is 0 Å². The molecule has 0 saturated carbocycles. The Morgan fingerprint density at radius 1 is 1.19 bits per heavy atom. The Morgan fingerprint density at radius 3 is 2.33 bits per heavy atom. The van der Waals surface area contributed by atoms with Crippen molar-refractivity contribution in [1.29, 1.82) is 0 Å². The van der Waals surface area contributed by atoms with Crippen LogP contribution < -0.4 is 0 Å². The van der Waals surface area contributed by atoms with Gasteiger partial charge in [-0.1, -0.05) is 18.9 Å². The summed E-state index contributed by atoms with van der Waals surface area (Å²) in [5, 5.41) is 27.8. The molecule has 3 N–H and O–H groups in total. The Kier molecular flexibility index (Phi) is 11.2. The minimum absolute atomic E-state index is 0.275. The van der Waals surface area contributed by atoms with Crippen LogP contribution in [-0.2, 0) is 9.53 Å². The van der Waals surface area contributed by atoms with Gasteiger partial charge >= 0.3 is 5.97 Å². The second kappa shape index (κ2) is 11.7. The zero-order valence-electron chi connectivity index (χ0n) is 13.0. The molecule has 0 aromatic rings. The van der Waals surface area contributed by atoms with Gasteiger partial charge in [-0.05, 0) is 26.2 Å². The van der Waals surface area contributed by atoms with Crippen molar-refractivity contribution in [3.8, 4) is 0 Å². The molecule has 0 bridgehead atoms. The first kappa shape index (κ1) is 20.1. The second-order valence-electron chi connectivity index (χ2n) is 5.34. The van der Waals surface area contributed by atoms with E-state index in [1.54, 1.807) is 0 Å². The summed E-state index contributed by atoms with van der Waals surface area (Å²) in [5.41, 5.74) is 0. The van der Waals surface area contributed by atoms with E-state index in [2.05, 4.69) is 6.58 Å². The molecule has 6 nitrogen and oxygen atoms in total. The molecule has 0 saturated heterocycles. The van der Waals surface area contributed by atoms with Gasteiger partial charge in [0.05, 0.1) is 6.61 Å². The minimum atomic E-state index is -1.04. The van der Waals surface area contributed by atoms with Crippen molar-refractivity contribution < 1.29 is 29.3 Å². The van der Waals surface area contributed by atoms with Crippen LogP contribution >= 0.6 is 0 Å². The number of hydrogen-bond acceptors (Lipinski definition) is 4. The van der Waals surface area contributed by atoms with Crippen molar-refractivity contribution in [3.05, 3.63) is 12.7 Å². The van der Waals surface area contributed by atoms with Gasteiger partial charge in [-0.3, -0.25) is 4.48 Å². The molecule has 1 unspecified atom stereocenters. The van der Waals surface area contributed by atoms with Crippen molar-refractivity contribution in [2.45, 2.75) is 45.1 Å².